The highest BCUT2D eigenvalue weighted by atomic mass is 35.5. The van der Waals surface area contributed by atoms with E-state index in [9.17, 15) is 29.7 Å². The van der Waals surface area contributed by atoms with Gasteiger partial charge < -0.3 is 30.3 Å². The Hall–Kier alpha value is -3.57. The van der Waals surface area contributed by atoms with Gasteiger partial charge >= 0.3 is 11.9 Å². The van der Waals surface area contributed by atoms with Crippen molar-refractivity contribution >= 4 is 41.0 Å². The van der Waals surface area contributed by atoms with Gasteiger partial charge in [-0.3, -0.25) is 9.69 Å². The van der Waals surface area contributed by atoms with Gasteiger partial charge in [0.25, 0.3) is 0 Å². The molecule has 4 rings (SSSR count). The van der Waals surface area contributed by atoms with Gasteiger partial charge in [-0.25, -0.2) is 9.59 Å². The number of carboxylic acid groups (broad SMARTS) is 2. The number of β-amino-alcohol motifs (C(OH)–C–C–N with tert-alkyl or cyclic N) is 1. The molecular formula is C30H33Cl2N3O7. The number of piperazine rings is 1. The summed E-state index contributed by atoms with van der Waals surface area (Å²) in [7, 11) is 1.55. The number of ether oxygens (including phenoxy) is 1. The maximum atomic E-state index is 13.5. The monoisotopic (exact) mass is 617 g/mol. The average molecular weight is 619 g/mol. The van der Waals surface area contributed by atoms with Gasteiger partial charge in [0.05, 0.1) is 37.2 Å². The third-order valence-electron chi connectivity index (χ3n) is 7.58. The summed E-state index contributed by atoms with van der Waals surface area (Å²) in [5, 5.41) is 33.4. The number of hydrogen-bond acceptors (Lipinski definition) is 7. The highest BCUT2D eigenvalue weighted by Gasteiger charge is 2.41. The molecule has 0 saturated carbocycles. The Kier molecular flexibility index (Phi) is 10.5. The van der Waals surface area contributed by atoms with E-state index in [0.717, 1.165) is 5.56 Å². The standard InChI is InChI=1S/C30H33Cl2N3O7/c1-42-23-8-3-2-5-18(23)9-10-21-26(29(38)39)28(25-19(31)6-4-7-20(25)32)27(30(40)41)22(33-21)17-24(37)35-13-11-34(12-14-35)15-16-36/h2-8,28,33,36H,9-17H2,1H3,(H,38,39)(H,40,41). The Bertz CT molecular complexity index is 1400. The van der Waals surface area contributed by atoms with Crippen LogP contribution in [0, 0.1) is 0 Å². The number of carboxylic acids is 2. The van der Waals surface area contributed by atoms with Crippen molar-refractivity contribution in [3.05, 3.63) is 86.2 Å². The van der Waals surface area contributed by atoms with Crippen molar-refractivity contribution in [1.82, 2.24) is 15.1 Å². The lowest BCUT2D eigenvalue weighted by Crippen LogP contribution is -2.49. The first kappa shape index (κ1) is 31.4. The third-order valence-corrected chi connectivity index (χ3v) is 8.24. The summed E-state index contributed by atoms with van der Waals surface area (Å²) in [4.78, 5) is 42.8. The number of carbonyl (C=O) groups is 3. The van der Waals surface area contributed by atoms with Crippen molar-refractivity contribution < 1.29 is 34.4 Å². The molecule has 0 aromatic heterocycles. The molecule has 224 valence electrons. The number of dihydropyridines is 1. The summed E-state index contributed by atoms with van der Waals surface area (Å²) in [6.07, 6.45) is 0.277. The number of methoxy groups -OCH3 is 1. The summed E-state index contributed by atoms with van der Waals surface area (Å²) in [6, 6.07) is 12.0. The van der Waals surface area contributed by atoms with E-state index in [1.165, 1.54) is 12.1 Å². The average Bonchev–Trinajstić information content (AvgIpc) is 2.96. The number of amides is 1. The zero-order valence-electron chi connectivity index (χ0n) is 23.1. The number of nitrogens with one attached hydrogen (secondary N) is 1. The van der Waals surface area contributed by atoms with Gasteiger partial charge in [0, 0.05) is 59.7 Å². The van der Waals surface area contributed by atoms with Gasteiger partial charge in [-0.15, -0.1) is 0 Å². The lowest BCUT2D eigenvalue weighted by atomic mass is 9.78. The zero-order valence-corrected chi connectivity index (χ0v) is 24.6. The van der Waals surface area contributed by atoms with E-state index in [1.54, 1.807) is 24.1 Å². The van der Waals surface area contributed by atoms with Gasteiger partial charge in [0.15, 0.2) is 0 Å². The number of aryl methyl sites for hydroxylation is 1. The minimum Gasteiger partial charge on any atom is -0.496 e. The van der Waals surface area contributed by atoms with Crippen LogP contribution in [0.2, 0.25) is 10.0 Å². The number of aliphatic carboxylic acids is 2. The Morgan fingerprint density at radius 3 is 2.12 bits per heavy atom. The molecule has 0 bridgehead atoms. The minimum absolute atomic E-state index is 0.0224. The molecule has 0 radical (unpaired) electrons. The van der Waals surface area contributed by atoms with E-state index < -0.39 is 17.9 Å². The SMILES string of the molecule is COc1ccccc1CCC1=C(C(=O)O)C(c2c(Cl)cccc2Cl)C(C(=O)O)=C(CC(=O)N2CCN(CCO)CC2)N1. The van der Waals surface area contributed by atoms with E-state index in [0.29, 0.717) is 44.9 Å². The van der Waals surface area contributed by atoms with Crippen molar-refractivity contribution in [2.24, 2.45) is 0 Å². The molecule has 2 aliphatic heterocycles. The molecule has 12 heteroatoms. The Morgan fingerprint density at radius 1 is 0.905 bits per heavy atom. The van der Waals surface area contributed by atoms with Gasteiger partial charge in [-0.2, -0.15) is 0 Å². The molecule has 0 aliphatic carbocycles. The fourth-order valence-corrected chi connectivity index (χ4v) is 6.14. The number of halogens is 2. The molecule has 1 unspecified atom stereocenters. The first-order valence-corrected chi connectivity index (χ1v) is 14.3. The zero-order chi connectivity index (χ0) is 30.4. The van der Waals surface area contributed by atoms with Crippen LogP contribution in [0.15, 0.2) is 65.0 Å². The van der Waals surface area contributed by atoms with Crippen molar-refractivity contribution in [1.29, 1.82) is 0 Å². The normalized spacial score (nSPS) is 17.7. The van der Waals surface area contributed by atoms with E-state index in [-0.39, 0.29) is 63.5 Å². The Labute approximate surface area is 253 Å². The van der Waals surface area contributed by atoms with Crippen LogP contribution in [0.1, 0.15) is 29.9 Å². The van der Waals surface area contributed by atoms with Crippen LogP contribution in [0.4, 0.5) is 0 Å². The highest BCUT2D eigenvalue weighted by Crippen LogP contribution is 2.45. The van der Waals surface area contributed by atoms with Crippen molar-refractivity contribution in [2.45, 2.75) is 25.2 Å². The lowest BCUT2D eigenvalue weighted by Gasteiger charge is -2.36. The molecular weight excluding hydrogens is 585 g/mol. The topological polar surface area (TPSA) is 140 Å². The second-order valence-electron chi connectivity index (χ2n) is 10.0. The summed E-state index contributed by atoms with van der Waals surface area (Å²) < 4.78 is 5.45. The van der Waals surface area contributed by atoms with Crippen LogP contribution in [0.5, 0.6) is 5.75 Å². The van der Waals surface area contributed by atoms with Gasteiger partial charge in [0.2, 0.25) is 5.91 Å². The van der Waals surface area contributed by atoms with E-state index in [4.69, 9.17) is 27.9 Å². The van der Waals surface area contributed by atoms with Crippen LogP contribution >= 0.6 is 23.2 Å². The van der Waals surface area contributed by atoms with Crippen molar-refractivity contribution in [3.8, 4) is 5.75 Å². The maximum Gasteiger partial charge on any atom is 0.334 e. The number of rotatable bonds is 11. The molecule has 2 heterocycles. The summed E-state index contributed by atoms with van der Waals surface area (Å²) in [6.45, 7) is 2.53. The van der Waals surface area contributed by atoms with E-state index in [1.807, 2.05) is 23.1 Å². The van der Waals surface area contributed by atoms with Crippen LogP contribution < -0.4 is 10.1 Å². The minimum atomic E-state index is -1.39. The predicted octanol–water partition coefficient (Wildman–Crippen LogP) is 3.53. The molecule has 1 atom stereocenters. The quantitative estimate of drug-likeness (QED) is 0.298. The van der Waals surface area contributed by atoms with Crippen LogP contribution in [-0.2, 0) is 20.8 Å². The van der Waals surface area contributed by atoms with Crippen molar-refractivity contribution in [2.75, 3.05) is 46.4 Å². The van der Waals surface area contributed by atoms with E-state index >= 15 is 0 Å². The second kappa shape index (κ2) is 14.1. The molecule has 1 saturated heterocycles. The predicted molar refractivity (Wildman–Crippen MR) is 158 cm³/mol. The second-order valence-corrected chi connectivity index (χ2v) is 10.8. The van der Waals surface area contributed by atoms with Crippen LogP contribution in [-0.4, -0.2) is 89.4 Å². The van der Waals surface area contributed by atoms with E-state index in [2.05, 4.69) is 5.32 Å². The molecule has 4 N–H and O–H groups in total. The lowest BCUT2D eigenvalue weighted by molar-refractivity contribution is -0.133. The first-order valence-electron chi connectivity index (χ1n) is 13.5. The van der Waals surface area contributed by atoms with Gasteiger partial charge in [0.1, 0.15) is 5.75 Å². The largest absolute Gasteiger partial charge is 0.496 e. The number of benzene rings is 2. The number of nitrogens with zero attached hydrogens (tertiary/aromatic N) is 2. The van der Waals surface area contributed by atoms with Crippen LogP contribution in [0.3, 0.4) is 0 Å². The number of aliphatic hydroxyl groups is 1. The number of allylic oxidation sites excluding steroid dienone is 1. The number of carbonyl (C=O) groups excluding carboxylic acids is 1. The van der Waals surface area contributed by atoms with Gasteiger partial charge in [-0.1, -0.05) is 47.5 Å². The molecule has 1 fully saturated rings. The molecule has 2 aliphatic rings. The third kappa shape index (κ3) is 6.90. The fraction of sp³-hybridized carbons (Fsp3) is 0.367. The summed E-state index contributed by atoms with van der Waals surface area (Å²) >= 11 is 13.1. The molecule has 1 amide bonds. The Morgan fingerprint density at radius 2 is 1.52 bits per heavy atom. The molecule has 2 aromatic carbocycles. The van der Waals surface area contributed by atoms with Crippen molar-refractivity contribution in [3.63, 3.8) is 0 Å². The first-order chi connectivity index (χ1) is 20.2. The highest BCUT2D eigenvalue weighted by molar-refractivity contribution is 6.36. The molecule has 2 aromatic rings. The molecule has 42 heavy (non-hydrogen) atoms. The summed E-state index contributed by atoms with van der Waals surface area (Å²) in [5.41, 5.74) is 0.829. The molecule has 0 spiro atoms. The Balaban J connectivity index is 1.77. The number of hydrogen-bond donors (Lipinski definition) is 4. The maximum absolute atomic E-state index is 13.5. The number of para-hydroxylation sites is 1. The number of aliphatic hydroxyl groups excluding tert-OH is 1. The van der Waals surface area contributed by atoms with Crippen LogP contribution in [0.25, 0.3) is 0 Å². The van der Waals surface area contributed by atoms with Gasteiger partial charge in [-0.05, 0) is 36.6 Å². The summed E-state index contributed by atoms with van der Waals surface area (Å²) in [5.74, 6) is -3.72. The molecule has 10 nitrogen and oxygen atoms in total. The smallest absolute Gasteiger partial charge is 0.334 e. The fourth-order valence-electron chi connectivity index (χ4n) is 5.52.